The molecule has 8 aromatic heterocycles. The minimum absolute atomic E-state index is 0.0907. The number of aromatic amines is 4. The molecule has 1 unspecified atom stereocenters. The molecule has 0 spiro atoms. The summed E-state index contributed by atoms with van der Waals surface area (Å²) >= 11 is 0. The van der Waals surface area contributed by atoms with Crippen molar-refractivity contribution in [1.82, 2.24) is 97.7 Å². The molecule has 668 valence electrons. The second-order valence-corrected chi connectivity index (χ2v) is 32.5. The zero-order chi connectivity index (χ0) is 88.2. The number of rotatable bonds is 32. The van der Waals surface area contributed by atoms with Crippen LogP contribution in [0.15, 0.2) is 141 Å². The summed E-state index contributed by atoms with van der Waals surface area (Å²) in [5.41, 5.74) is 36.6. The monoisotopic (exact) mass is 1730 g/mol. The lowest BCUT2D eigenvalue weighted by atomic mass is 9.96. The third-order valence-corrected chi connectivity index (χ3v) is 22.5. The number of benzene rings is 5. The van der Waals surface area contributed by atoms with Crippen LogP contribution in [0.5, 0.6) is 24.0 Å². The molecule has 0 amide bonds. The minimum Gasteiger partial charge on any atom is -0.461 e. The lowest BCUT2D eigenvalue weighted by Crippen LogP contribution is -2.42. The van der Waals surface area contributed by atoms with E-state index in [2.05, 4.69) is 147 Å². The van der Waals surface area contributed by atoms with E-state index in [9.17, 15) is 23.6 Å². The van der Waals surface area contributed by atoms with Crippen LogP contribution in [0.1, 0.15) is 114 Å². The van der Waals surface area contributed by atoms with E-state index in [-0.39, 0.29) is 76.7 Å². The second-order valence-electron chi connectivity index (χ2n) is 32.5. The number of nitrogens with two attached hydrogens (primary N) is 4. The molecule has 37 heteroatoms. The zero-order valence-electron chi connectivity index (χ0n) is 72.3. The summed E-state index contributed by atoms with van der Waals surface area (Å²) in [5, 5.41) is 0. The highest BCUT2D eigenvalue weighted by molar-refractivity contribution is 5.84. The van der Waals surface area contributed by atoms with Crippen LogP contribution in [-0.2, 0) is 84.4 Å². The van der Waals surface area contributed by atoms with Crippen LogP contribution in [0.4, 0.5) is 27.7 Å². The van der Waals surface area contributed by atoms with Crippen molar-refractivity contribution >= 4 is 67.9 Å². The summed E-state index contributed by atoms with van der Waals surface area (Å²) in [4.78, 5) is 105. The van der Waals surface area contributed by atoms with Crippen LogP contribution in [-0.4, -0.2) is 224 Å². The van der Waals surface area contributed by atoms with Crippen LogP contribution >= 0.6 is 0 Å². The smallest absolute Gasteiger partial charge is 0.328 e. The number of nitrogens with zero attached hydrogens (tertiary/aromatic N) is 16. The zero-order valence-corrected chi connectivity index (χ0v) is 72.3. The van der Waals surface area contributed by atoms with Gasteiger partial charge in [-0.3, -0.25) is 37.9 Å². The van der Waals surface area contributed by atoms with Gasteiger partial charge >= 0.3 is 46.8 Å². The van der Waals surface area contributed by atoms with Crippen molar-refractivity contribution in [3.63, 3.8) is 0 Å². The molecule has 1 atom stereocenters. The van der Waals surface area contributed by atoms with Gasteiger partial charge in [-0.2, -0.15) is 39.9 Å². The number of fused-ring (bicyclic) bond motifs is 5. The molecule has 0 radical (unpaired) electrons. The average Bonchev–Trinajstić information content (AvgIpc) is 1.64. The molecule has 126 heavy (non-hydrogen) atoms. The molecule has 0 saturated carbocycles. The standard InChI is InChI=1S/C24H26N6O3.C22H29FN6O3.C22H30N6O3.C21H28N6O3/c1-32-9-10-33-23-27-21(25)20-22(28-23)30(24(31)26-20)13-17-6-4-5-16(11-17)12-29-14-18-7-2-3-8-19(18)15-29;1-22(23)7-4-8-28(14-22)12-15-5-3-6-16(11-15)13-29-19-17(25-21(29)30)18(24)26-20(27-19)32-10-9-31-2;1-15-6-8-27(9-7-15)13-16-4-3-5-17(12-16)14-28-20-18(24-22(28)29)19(23)25-21(26-20)31-11-10-30-2;1-29-10-11-30-20-24-18(22)17-19(25-20)27(21(28)23-17)14-16-7-5-6-15(12-16)13-26-8-3-2-4-9-26/h2-8,11H,9-10,12-15H2,1H3,(H,26,31)(H2,25,27,28);3,5-6,11H,4,7-10,12-14H2,1-2H3,(H,25,30)(H2,24,26,27);3-5,12,15H,6-11,13-14H2,1-2H3,(H,24,29)(H2,23,25,26);5-7,12H,2-4,8-11,13-14H2,1H3,(H,23,28)(H2,22,24,25). The van der Waals surface area contributed by atoms with Crippen LogP contribution in [0.3, 0.4) is 0 Å². The maximum Gasteiger partial charge on any atom is 0.328 e. The maximum absolute atomic E-state index is 14.4. The topological polar surface area (TPSA) is 445 Å². The van der Waals surface area contributed by atoms with E-state index >= 15 is 0 Å². The van der Waals surface area contributed by atoms with Crippen molar-refractivity contribution in [3.05, 3.63) is 219 Å². The van der Waals surface area contributed by atoms with Crippen molar-refractivity contribution in [2.45, 2.75) is 130 Å². The van der Waals surface area contributed by atoms with E-state index in [1.165, 1.54) is 64.5 Å². The molecule has 0 bridgehead atoms. The van der Waals surface area contributed by atoms with E-state index < -0.39 is 5.67 Å². The molecule has 12 heterocycles. The van der Waals surface area contributed by atoms with Gasteiger partial charge in [-0.05, 0) is 140 Å². The normalized spacial score (nSPS) is 15.9. The summed E-state index contributed by atoms with van der Waals surface area (Å²) in [6.45, 7) is 19.3. The van der Waals surface area contributed by atoms with Crippen molar-refractivity contribution in [3.8, 4) is 24.0 Å². The number of likely N-dealkylation sites (tertiary alicyclic amines) is 3. The molecule has 5 aromatic carbocycles. The number of halogens is 1. The minimum atomic E-state index is -1.14. The van der Waals surface area contributed by atoms with Crippen molar-refractivity contribution in [1.29, 1.82) is 0 Å². The SMILES string of the molecule is COCCOc1nc(N)c2[nH]c(=O)n(Cc3cccc(CN4CCC(C)CC4)c3)c2n1.COCCOc1nc(N)c2[nH]c(=O)n(Cc3cccc(CN4CCCC(C)(F)C4)c3)c2n1.COCCOc1nc(N)c2[nH]c(=O)n(Cc3cccc(CN4CCCCC4)c3)c2n1.COCCOc1nc(N)c2[nH]c(=O)n(Cc3cccc(CN4Cc5ccccc5C4)c3)c2n1. The van der Waals surface area contributed by atoms with E-state index in [0.717, 1.165) is 106 Å². The Morgan fingerprint density at radius 3 is 0.960 bits per heavy atom. The third-order valence-electron chi connectivity index (χ3n) is 22.5. The number of hydrogen-bond donors (Lipinski definition) is 8. The van der Waals surface area contributed by atoms with Crippen LogP contribution < -0.4 is 64.6 Å². The predicted octanol–water partition coefficient (Wildman–Crippen LogP) is 8.16. The Morgan fingerprint density at radius 2 is 0.651 bits per heavy atom. The molecule has 36 nitrogen and oxygen atoms in total. The van der Waals surface area contributed by atoms with Gasteiger partial charge in [-0.15, -0.1) is 0 Å². The summed E-state index contributed by atoms with van der Waals surface area (Å²) in [7, 11) is 6.33. The average molecular weight is 1730 g/mol. The van der Waals surface area contributed by atoms with E-state index in [4.69, 9.17) is 60.8 Å². The fourth-order valence-corrected chi connectivity index (χ4v) is 16.2. The van der Waals surface area contributed by atoms with Gasteiger partial charge in [0.1, 0.15) is 54.2 Å². The Balaban J connectivity index is 0.000000136. The first-order chi connectivity index (χ1) is 61.1. The number of ether oxygens (including phenoxy) is 8. The number of nitrogens with one attached hydrogen (secondary N) is 4. The molecule has 3 fully saturated rings. The number of hydrogen-bond acceptors (Lipinski definition) is 28. The summed E-state index contributed by atoms with van der Waals surface area (Å²) in [6.07, 6.45) is 7.81. The van der Waals surface area contributed by atoms with Crippen molar-refractivity contribution in [2.24, 2.45) is 5.92 Å². The first kappa shape index (κ1) is 89.8. The largest absolute Gasteiger partial charge is 0.461 e. The van der Waals surface area contributed by atoms with Gasteiger partial charge in [0.05, 0.1) is 52.6 Å². The predicted molar refractivity (Wildman–Crippen MR) is 478 cm³/mol. The fourth-order valence-electron chi connectivity index (χ4n) is 16.2. The number of aromatic nitrogens is 16. The van der Waals surface area contributed by atoms with Crippen LogP contribution in [0.2, 0.25) is 0 Å². The number of anilines is 4. The van der Waals surface area contributed by atoms with E-state index in [1.807, 2.05) is 60.7 Å². The molecule has 12 N–H and O–H groups in total. The summed E-state index contributed by atoms with van der Waals surface area (Å²) < 4.78 is 62.5. The molecular weight excluding hydrogens is 1620 g/mol. The Morgan fingerprint density at radius 1 is 0.365 bits per heavy atom. The Labute approximate surface area is 726 Å². The molecular formula is C89H113FN24O12. The number of alkyl halides is 1. The van der Waals surface area contributed by atoms with E-state index in [1.54, 1.807) is 49.1 Å². The Kier molecular flexibility index (Phi) is 30.3. The molecule has 3 saturated heterocycles. The number of methoxy groups -OCH3 is 4. The van der Waals surface area contributed by atoms with Gasteiger partial charge in [0.2, 0.25) is 0 Å². The highest BCUT2D eigenvalue weighted by Gasteiger charge is 2.31. The van der Waals surface area contributed by atoms with Gasteiger partial charge in [-0.1, -0.05) is 135 Å². The Bertz CT molecular complexity index is 6060. The summed E-state index contributed by atoms with van der Waals surface area (Å²) in [5.74, 6) is 1.49. The molecule has 4 aliphatic heterocycles. The van der Waals surface area contributed by atoms with Gasteiger partial charge in [-0.25, -0.2) is 23.6 Å². The molecule has 17 rings (SSSR count). The fraction of sp³-hybridized carbons (Fsp3) is 0.438. The molecule has 4 aliphatic rings. The first-order valence-corrected chi connectivity index (χ1v) is 42.6. The van der Waals surface area contributed by atoms with Gasteiger partial charge in [0.15, 0.2) is 45.9 Å². The number of H-pyrrole nitrogens is 4. The highest BCUT2D eigenvalue weighted by Crippen LogP contribution is 2.30. The van der Waals surface area contributed by atoms with Gasteiger partial charge in [0, 0.05) is 74.3 Å². The first-order valence-electron chi connectivity index (χ1n) is 42.6. The summed E-state index contributed by atoms with van der Waals surface area (Å²) in [6, 6.07) is 42.0. The van der Waals surface area contributed by atoms with Gasteiger partial charge in [0.25, 0.3) is 0 Å². The number of imidazole rings is 4. The lowest BCUT2D eigenvalue weighted by molar-refractivity contribution is 0.0563. The highest BCUT2D eigenvalue weighted by atomic mass is 19.1. The van der Waals surface area contributed by atoms with Crippen molar-refractivity contribution < 1.29 is 42.3 Å². The maximum atomic E-state index is 14.4. The second kappa shape index (κ2) is 42.5. The van der Waals surface area contributed by atoms with Crippen LogP contribution in [0.25, 0.3) is 44.7 Å². The van der Waals surface area contributed by atoms with E-state index in [0.29, 0.717) is 137 Å². The molecule has 0 aliphatic carbocycles. The Hall–Kier alpha value is -12.5. The van der Waals surface area contributed by atoms with Crippen LogP contribution in [0, 0.1) is 5.92 Å². The van der Waals surface area contributed by atoms with Crippen molar-refractivity contribution in [2.75, 3.05) is 143 Å². The quantitative estimate of drug-likeness (QED) is 0.0184. The molecule has 13 aromatic rings. The van der Waals surface area contributed by atoms with Gasteiger partial charge < -0.3 is 80.8 Å². The number of nitrogen functional groups attached to an aromatic ring is 4. The number of piperidine rings is 3. The lowest BCUT2D eigenvalue weighted by Gasteiger charge is -2.35. The third kappa shape index (κ3) is 23.5.